The van der Waals surface area contributed by atoms with Crippen LogP contribution in [0.1, 0.15) is 11.3 Å². The molecule has 5 heteroatoms. The first-order valence-corrected chi connectivity index (χ1v) is 8.05. The van der Waals surface area contributed by atoms with Crippen molar-refractivity contribution in [2.24, 2.45) is 5.73 Å². The van der Waals surface area contributed by atoms with E-state index in [-0.39, 0.29) is 0 Å². The van der Waals surface area contributed by atoms with Gasteiger partial charge in [0.15, 0.2) is 0 Å². The van der Waals surface area contributed by atoms with Gasteiger partial charge in [0.25, 0.3) is 0 Å². The van der Waals surface area contributed by atoms with Gasteiger partial charge in [-0.1, -0.05) is 30.4 Å². The van der Waals surface area contributed by atoms with Crippen molar-refractivity contribution in [2.45, 2.75) is 13.0 Å². The number of halogens is 1. The van der Waals surface area contributed by atoms with Gasteiger partial charge < -0.3 is 10.6 Å². The van der Waals surface area contributed by atoms with Gasteiger partial charge in [0.1, 0.15) is 0 Å². The predicted molar refractivity (Wildman–Crippen MR) is 90.9 cm³/mol. The third-order valence-electron chi connectivity index (χ3n) is 2.77. The van der Waals surface area contributed by atoms with E-state index in [9.17, 15) is 0 Å². The average Bonchev–Trinajstić information content (AvgIpc) is 2.81. The maximum atomic E-state index is 5.62. The van der Waals surface area contributed by atoms with Crippen molar-refractivity contribution in [3.63, 3.8) is 0 Å². The van der Waals surface area contributed by atoms with Crippen LogP contribution in [0.2, 0.25) is 0 Å². The monoisotopic (exact) mass is 354 g/mol. The zero-order chi connectivity index (χ0) is 13.7. The lowest BCUT2D eigenvalue weighted by Crippen LogP contribution is -2.26. The highest BCUT2D eigenvalue weighted by atomic mass is 79.9. The van der Waals surface area contributed by atoms with E-state index in [0.717, 1.165) is 24.0 Å². The van der Waals surface area contributed by atoms with Gasteiger partial charge in [0.2, 0.25) is 0 Å². The Hall–Kier alpha value is -0.910. The molecule has 100 valence electrons. The fourth-order valence-corrected chi connectivity index (χ4v) is 3.38. The van der Waals surface area contributed by atoms with Crippen molar-refractivity contribution >= 4 is 50.2 Å². The summed E-state index contributed by atoms with van der Waals surface area (Å²) in [7, 11) is 0. The largest absolute Gasteiger partial charge is 0.393 e. The number of nitrogens with two attached hydrogens (primary N) is 1. The molecule has 1 aromatic heterocycles. The molecule has 0 fully saturated rings. The van der Waals surface area contributed by atoms with Crippen LogP contribution in [0.3, 0.4) is 0 Å². The zero-order valence-corrected chi connectivity index (χ0v) is 13.6. The number of thiophene rings is 1. The molecule has 0 radical (unpaired) electrons. The summed E-state index contributed by atoms with van der Waals surface area (Å²) in [6.45, 7) is 1.70. The van der Waals surface area contributed by atoms with Crippen LogP contribution in [0.15, 0.2) is 46.3 Å². The van der Waals surface area contributed by atoms with Crippen LogP contribution in [0, 0.1) is 0 Å². The number of thiocarbonyl (C=S) groups is 1. The van der Waals surface area contributed by atoms with Gasteiger partial charge in [-0.25, -0.2) is 0 Å². The number of anilines is 1. The maximum absolute atomic E-state index is 5.62. The van der Waals surface area contributed by atoms with Crippen LogP contribution < -0.4 is 10.6 Å². The van der Waals surface area contributed by atoms with Crippen LogP contribution in [-0.2, 0) is 6.54 Å². The van der Waals surface area contributed by atoms with E-state index in [1.807, 2.05) is 18.2 Å². The summed E-state index contributed by atoms with van der Waals surface area (Å²) in [5, 5.41) is 2.09. The summed E-state index contributed by atoms with van der Waals surface area (Å²) in [5.41, 5.74) is 6.81. The van der Waals surface area contributed by atoms with Crippen LogP contribution in [-0.4, -0.2) is 11.5 Å². The minimum Gasteiger partial charge on any atom is -0.393 e. The Morgan fingerprint density at radius 3 is 2.58 bits per heavy atom. The molecule has 0 unspecified atom stereocenters. The normalized spacial score (nSPS) is 10.4. The Kier molecular flexibility index (Phi) is 5.36. The topological polar surface area (TPSA) is 29.3 Å². The quantitative estimate of drug-likeness (QED) is 0.788. The molecular formula is C14H15BrN2S2. The van der Waals surface area contributed by atoms with Gasteiger partial charge in [0, 0.05) is 28.0 Å². The predicted octanol–water partition coefficient (Wildman–Crippen LogP) is 4.19. The Bertz CT molecular complexity index is 539. The molecule has 0 spiro atoms. The fourth-order valence-electron chi connectivity index (χ4n) is 1.79. The second kappa shape index (κ2) is 7.03. The van der Waals surface area contributed by atoms with Crippen molar-refractivity contribution < 1.29 is 0 Å². The summed E-state index contributed by atoms with van der Waals surface area (Å²) in [6, 6.07) is 12.4. The summed E-state index contributed by atoms with van der Waals surface area (Å²) in [6.07, 6.45) is 0.729. The number of hydrogen-bond acceptors (Lipinski definition) is 3. The third-order valence-corrected chi connectivity index (χ3v) is 4.89. The van der Waals surface area contributed by atoms with Gasteiger partial charge >= 0.3 is 0 Å². The van der Waals surface area contributed by atoms with Crippen molar-refractivity contribution in [3.8, 4) is 0 Å². The SMILES string of the molecule is NC(=S)CCN(Cc1sccc1Br)c1ccccc1. The lowest BCUT2D eigenvalue weighted by molar-refractivity contribution is 0.814. The molecule has 0 saturated heterocycles. The molecule has 2 N–H and O–H groups in total. The molecule has 2 nitrogen and oxygen atoms in total. The van der Waals surface area contributed by atoms with Crippen LogP contribution >= 0.6 is 39.5 Å². The van der Waals surface area contributed by atoms with Crippen molar-refractivity contribution in [3.05, 3.63) is 51.1 Å². The Morgan fingerprint density at radius 1 is 1.26 bits per heavy atom. The Balaban J connectivity index is 2.15. The highest BCUT2D eigenvalue weighted by Crippen LogP contribution is 2.26. The Labute approximate surface area is 131 Å². The molecular weight excluding hydrogens is 340 g/mol. The van der Waals surface area contributed by atoms with Crippen LogP contribution in [0.25, 0.3) is 0 Å². The summed E-state index contributed by atoms with van der Waals surface area (Å²) >= 11 is 10.3. The Morgan fingerprint density at radius 2 is 2.00 bits per heavy atom. The van der Waals surface area contributed by atoms with Crippen LogP contribution in [0.4, 0.5) is 5.69 Å². The minimum atomic E-state index is 0.561. The fraction of sp³-hybridized carbons (Fsp3) is 0.214. The van der Waals surface area contributed by atoms with E-state index in [0.29, 0.717) is 4.99 Å². The van der Waals surface area contributed by atoms with Gasteiger partial charge in [-0.2, -0.15) is 0 Å². The molecule has 0 aliphatic heterocycles. The molecule has 0 saturated carbocycles. The lowest BCUT2D eigenvalue weighted by atomic mass is 10.2. The summed E-state index contributed by atoms with van der Waals surface area (Å²) < 4.78 is 1.16. The van der Waals surface area contributed by atoms with Crippen LogP contribution in [0.5, 0.6) is 0 Å². The molecule has 0 amide bonds. The smallest absolute Gasteiger partial charge is 0.0745 e. The standard InChI is InChI=1S/C14H15BrN2S2/c15-12-7-9-19-13(12)10-17(8-6-14(16)18)11-4-2-1-3-5-11/h1-5,7,9H,6,8,10H2,(H2,16,18). The van der Waals surface area contributed by atoms with Gasteiger partial charge in [-0.3, -0.25) is 0 Å². The van der Waals surface area contributed by atoms with Gasteiger partial charge in [-0.15, -0.1) is 11.3 Å². The molecule has 0 atom stereocenters. The molecule has 19 heavy (non-hydrogen) atoms. The first-order chi connectivity index (χ1) is 9.16. The molecule has 2 rings (SSSR count). The van der Waals surface area contributed by atoms with Gasteiger partial charge in [-0.05, 0) is 39.5 Å². The van der Waals surface area contributed by atoms with E-state index in [4.69, 9.17) is 18.0 Å². The van der Waals surface area contributed by atoms with E-state index in [1.165, 1.54) is 10.6 Å². The molecule has 0 aliphatic carbocycles. The molecule has 1 aromatic carbocycles. The minimum absolute atomic E-state index is 0.561. The summed E-state index contributed by atoms with van der Waals surface area (Å²) in [5.74, 6) is 0. The molecule has 1 heterocycles. The number of nitrogens with zero attached hydrogens (tertiary/aromatic N) is 1. The maximum Gasteiger partial charge on any atom is 0.0745 e. The molecule has 2 aromatic rings. The zero-order valence-electron chi connectivity index (χ0n) is 10.4. The van der Waals surface area contributed by atoms with Crippen molar-refractivity contribution in [1.29, 1.82) is 0 Å². The van der Waals surface area contributed by atoms with Crippen molar-refractivity contribution in [1.82, 2.24) is 0 Å². The number of hydrogen-bond donors (Lipinski definition) is 1. The highest BCUT2D eigenvalue weighted by Gasteiger charge is 2.10. The lowest BCUT2D eigenvalue weighted by Gasteiger charge is -2.24. The van der Waals surface area contributed by atoms with E-state index >= 15 is 0 Å². The van der Waals surface area contributed by atoms with Gasteiger partial charge in [0.05, 0.1) is 11.5 Å². The highest BCUT2D eigenvalue weighted by molar-refractivity contribution is 9.10. The average molecular weight is 355 g/mol. The number of benzene rings is 1. The van der Waals surface area contributed by atoms with E-state index in [2.05, 4.69) is 44.4 Å². The van der Waals surface area contributed by atoms with E-state index in [1.54, 1.807) is 11.3 Å². The van der Waals surface area contributed by atoms with Crippen molar-refractivity contribution in [2.75, 3.05) is 11.4 Å². The first-order valence-electron chi connectivity index (χ1n) is 5.97. The molecule has 0 bridgehead atoms. The third kappa shape index (κ3) is 4.30. The summed E-state index contributed by atoms with van der Waals surface area (Å²) in [4.78, 5) is 4.17. The first kappa shape index (κ1) is 14.5. The number of rotatable bonds is 6. The second-order valence-corrected chi connectivity index (χ2v) is 6.54. The second-order valence-electron chi connectivity index (χ2n) is 4.17. The van der Waals surface area contributed by atoms with E-state index < -0.39 is 0 Å². The molecule has 0 aliphatic rings. The number of para-hydroxylation sites is 1.